The van der Waals surface area contributed by atoms with Crippen LogP contribution in [0.2, 0.25) is 0 Å². The van der Waals surface area contributed by atoms with E-state index in [0.717, 1.165) is 26.5 Å². The number of H-pyrrole nitrogens is 1. The molecule has 3 rings (SSSR count). The van der Waals surface area contributed by atoms with E-state index in [9.17, 15) is 4.79 Å². The van der Waals surface area contributed by atoms with Gasteiger partial charge < -0.3 is 9.72 Å². The van der Waals surface area contributed by atoms with E-state index < -0.39 is 6.09 Å². The Labute approximate surface area is 136 Å². The summed E-state index contributed by atoms with van der Waals surface area (Å²) >= 11 is 3.50. The van der Waals surface area contributed by atoms with Crippen molar-refractivity contribution in [3.63, 3.8) is 0 Å². The zero-order chi connectivity index (χ0) is 15.5. The first kappa shape index (κ1) is 14.7. The van der Waals surface area contributed by atoms with Gasteiger partial charge in [-0.3, -0.25) is 5.32 Å². The fraction of sp³-hybridized carbons (Fsp3) is 0.118. The molecule has 0 bridgehead atoms. The van der Waals surface area contributed by atoms with Crippen LogP contribution in [0.15, 0.2) is 53.0 Å². The number of hydrogen-bond donors (Lipinski definition) is 2. The van der Waals surface area contributed by atoms with Crippen LogP contribution in [0.3, 0.4) is 0 Å². The lowest BCUT2D eigenvalue weighted by molar-refractivity contribution is 0.168. The molecule has 0 fully saturated rings. The number of carbonyl (C=O) groups is 1. The van der Waals surface area contributed by atoms with Crippen LogP contribution in [0.4, 0.5) is 10.6 Å². The minimum absolute atomic E-state index is 0.332. The molecule has 0 spiro atoms. The summed E-state index contributed by atoms with van der Waals surface area (Å²) in [6.07, 6.45) is -0.467. The third kappa shape index (κ3) is 2.85. The van der Waals surface area contributed by atoms with E-state index in [1.165, 1.54) is 0 Å². The number of aromatic nitrogens is 1. The van der Waals surface area contributed by atoms with Gasteiger partial charge in [-0.25, -0.2) is 4.79 Å². The number of benzene rings is 2. The van der Waals surface area contributed by atoms with Crippen molar-refractivity contribution in [2.24, 2.45) is 0 Å². The van der Waals surface area contributed by atoms with Crippen molar-refractivity contribution in [2.75, 3.05) is 11.9 Å². The van der Waals surface area contributed by atoms with Gasteiger partial charge >= 0.3 is 6.09 Å². The van der Waals surface area contributed by atoms with Crippen molar-refractivity contribution in [3.8, 4) is 11.1 Å². The summed E-state index contributed by atoms with van der Waals surface area (Å²) in [6.45, 7) is 2.11. The molecular formula is C17H15BrN2O2. The Morgan fingerprint density at radius 1 is 1.23 bits per heavy atom. The van der Waals surface area contributed by atoms with Crippen molar-refractivity contribution < 1.29 is 9.53 Å². The zero-order valence-corrected chi connectivity index (χ0v) is 13.6. The average molecular weight is 359 g/mol. The number of aromatic amines is 1. The maximum absolute atomic E-state index is 11.8. The SMILES string of the molecule is CCOC(=O)Nc1[nH]c2ccc(Br)cc2c1-c1ccccc1. The summed E-state index contributed by atoms with van der Waals surface area (Å²) in [5.74, 6) is 0.637. The van der Waals surface area contributed by atoms with Crippen LogP contribution in [0.1, 0.15) is 6.92 Å². The van der Waals surface area contributed by atoms with Crippen LogP contribution >= 0.6 is 15.9 Å². The molecule has 0 radical (unpaired) electrons. The molecule has 0 unspecified atom stereocenters. The Hall–Kier alpha value is -2.27. The Morgan fingerprint density at radius 2 is 2.00 bits per heavy atom. The minimum atomic E-state index is -0.467. The average Bonchev–Trinajstić information content (AvgIpc) is 2.85. The number of halogens is 1. The Kier molecular flexibility index (Phi) is 4.15. The van der Waals surface area contributed by atoms with E-state index in [1.807, 2.05) is 48.5 Å². The van der Waals surface area contributed by atoms with Gasteiger partial charge in [0.25, 0.3) is 0 Å². The molecule has 3 aromatic rings. The summed E-state index contributed by atoms with van der Waals surface area (Å²) in [5, 5.41) is 3.82. The molecular weight excluding hydrogens is 344 g/mol. The Bertz CT molecular complexity index is 812. The number of nitrogens with one attached hydrogen (secondary N) is 2. The third-order valence-electron chi connectivity index (χ3n) is 3.33. The highest BCUT2D eigenvalue weighted by Gasteiger charge is 2.16. The smallest absolute Gasteiger partial charge is 0.412 e. The summed E-state index contributed by atoms with van der Waals surface area (Å²) < 4.78 is 5.96. The van der Waals surface area contributed by atoms with E-state index >= 15 is 0 Å². The topological polar surface area (TPSA) is 54.1 Å². The van der Waals surface area contributed by atoms with Crippen molar-refractivity contribution in [2.45, 2.75) is 6.92 Å². The molecule has 0 aliphatic carbocycles. The van der Waals surface area contributed by atoms with Crippen LogP contribution in [0.25, 0.3) is 22.0 Å². The fourth-order valence-electron chi connectivity index (χ4n) is 2.43. The second-order valence-corrected chi connectivity index (χ2v) is 5.69. The summed E-state index contributed by atoms with van der Waals surface area (Å²) in [6, 6.07) is 15.9. The molecule has 0 aliphatic heterocycles. The maximum atomic E-state index is 11.8. The summed E-state index contributed by atoms with van der Waals surface area (Å²) in [7, 11) is 0. The van der Waals surface area contributed by atoms with Gasteiger partial charge in [-0.1, -0.05) is 46.3 Å². The molecule has 4 nitrogen and oxygen atoms in total. The molecule has 2 aromatic carbocycles. The molecule has 0 saturated heterocycles. The molecule has 0 atom stereocenters. The lowest BCUT2D eigenvalue weighted by Gasteiger charge is -2.07. The van der Waals surface area contributed by atoms with Gasteiger partial charge in [0.2, 0.25) is 0 Å². The van der Waals surface area contributed by atoms with Gasteiger partial charge in [0.15, 0.2) is 0 Å². The number of rotatable bonds is 3. The first-order valence-corrected chi connectivity index (χ1v) is 7.78. The fourth-order valence-corrected chi connectivity index (χ4v) is 2.79. The first-order chi connectivity index (χ1) is 10.7. The standard InChI is InChI=1S/C17H15BrN2O2/c1-2-22-17(21)20-16-15(11-6-4-3-5-7-11)13-10-12(18)8-9-14(13)19-16/h3-10,19H,2H2,1H3,(H,20,21). The largest absolute Gasteiger partial charge is 0.450 e. The maximum Gasteiger partial charge on any atom is 0.412 e. The molecule has 112 valence electrons. The molecule has 22 heavy (non-hydrogen) atoms. The second-order valence-electron chi connectivity index (χ2n) is 4.78. The number of anilines is 1. The normalized spacial score (nSPS) is 10.6. The molecule has 0 saturated carbocycles. The summed E-state index contributed by atoms with van der Waals surface area (Å²) in [4.78, 5) is 15.0. The van der Waals surface area contributed by atoms with Gasteiger partial charge in [-0.15, -0.1) is 0 Å². The van der Waals surface area contributed by atoms with Crippen molar-refractivity contribution in [3.05, 3.63) is 53.0 Å². The number of amides is 1. The second kappa shape index (κ2) is 6.23. The third-order valence-corrected chi connectivity index (χ3v) is 3.82. The highest BCUT2D eigenvalue weighted by molar-refractivity contribution is 9.10. The Morgan fingerprint density at radius 3 is 2.73 bits per heavy atom. The van der Waals surface area contributed by atoms with E-state index in [4.69, 9.17) is 4.74 Å². The van der Waals surface area contributed by atoms with E-state index in [2.05, 4.69) is 26.2 Å². The van der Waals surface area contributed by atoms with Crippen LogP contribution in [0.5, 0.6) is 0 Å². The molecule has 1 aromatic heterocycles. The lowest BCUT2D eigenvalue weighted by atomic mass is 10.0. The highest BCUT2D eigenvalue weighted by Crippen LogP contribution is 2.37. The number of fused-ring (bicyclic) bond motifs is 1. The van der Waals surface area contributed by atoms with Gasteiger partial charge in [0.1, 0.15) is 5.82 Å². The molecule has 0 aliphatic rings. The predicted molar refractivity (Wildman–Crippen MR) is 92.1 cm³/mol. The minimum Gasteiger partial charge on any atom is -0.450 e. The van der Waals surface area contributed by atoms with Crippen LogP contribution in [-0.2, 0) is 4.74 Å². The van der Waals surface area contributed by atoms with Gasteiger partial charge in [-0.2, -0.15) is 0 Å². The van der Waals surface area contributed by atoms with E-state index in [-0.39, 0.29) is 0 Å². The molecule has 5 heteroatoms. The highest BCUT2D eigenvalue weighted by atomic mass is 79.9. The molecule has 2 N–H and O–H groups in total. The molecule has 1 heterocycles. The van der Waals surface area contributed by atoms with Crippen LogP contribution in [0, 0.1) is 0 Å². The van der Waals surface area contributed by atoms with Gasteiger partial charge in [-0.05, 0) is 30.7 Å². The summed E-state index contributed by atoms with van der Waals surface area (Å²) in [5.41, 5.74) is 2.93. The van der Waals surface area contributed by atoms with Gasteiger partial charge in [0, 0.05) is 20.9 Å². The number of carbonyl (C=O) groups excluding carboxylic acids is 1. The van der Waals surface area contributed by atoms with Crippen molar-refractivity contribution >= 4 is 38.7 Å². The van der Waals surface area contributed by atoms with E-state index in [1.54, 1.807) is 6.92 Å². The van der Waals surface area contributed by atoms with Crippen molar-refractivity contribution in [1.29, 1.82) is 0 Å². The first-order valence-electron chi connectivity index (χ1n) is 6.99. The lowest BCUT2D eigenvalue weighted by Crippen LogP contribution is -2.14. The van der Waals surface area contributed by atoms with Gasteiger partial charge in [0.05, 0.1) is 6.61 Å². The predicted octanol–water partition coefficient (Wildman–Crippen LogP) is 5.17. The Balaban J connectivity index is 2.16. The van der Waals surface area contributed by atoms with Crippen LogP contribution < -0.4 is 5.32 Å². The quantitative estimate of drug-likeness (QED) is 0.678. The number of ether oxygens (including phenoxy) is 1. The van der Waals surface area contributed by atoms with Crippen LogP contribution in [-0.4, -0.2) is 17.7 Å². The monoisotopic (exact) mass is 358 g/mol. The van der Waals surface area contributed by atoms with E-state index in [0.29, 0.717) is 12.4 Å². The van der Waals surface area contributed by atoms with Crippen molar-refractivity contribution in [1.82, 2.24) is 4.98 Å². The number of hydrogen-bond acceptors (Lipinski definition) is 2. The molecule has 1 amide bonds. The zero-order valence-electron chi connectivity index (χ0n) is 12.0.